The molecule has 0 atom stereocenters. The summed E-state index contributed by atoms with van der Waals surface area (Å²) in [5.41, 5.74) is 13.0. The molecular formula is C15H16N2O3. The molecule has 2 rings (SSSR count). The van der Waals surface area contributed by atoms with Crippen molar-refractivity contribution >= 4 is 11.6 Å². The highest BCUT2D eigenvalue weighted by atomic mass is 16.5. The number of nitrogens with two attached hydrogens (primary N) is 2. The molecular weight excluding hydrogens is 256 g/mol. The number of carbonyl (C=O) groups excluding carboxylic acids is 1. The number of aryl methyl sites for hydroxylation is 1. The van der Waals surface area contributed by atoms with Gasteiger partial charge in [-0.05, 0) is 42.8 Å². The van der Waals surface area contributed by atoms with Crippen LogP contribution in [0.1, 0.15) is 15.9 Å². The molecule has 2 aromatic rings. The van der Waals surface area contributed by atoms with E-state index in [9.17, 15) is 4.79 Å². The Hall–Kier alpha value is -2.69. The summed E-state index contributed by atoms with van der Waals surface area (Å²) in [4.78, 5) is 11.1. The lowest BCUT2D eigenvalue weighted by molar-refractivity contribution is 0.1000. The zero-order chi connectivity index (χ0) is 14.7. The van der Waals surface area contributed by atoms with E-state index < -0.39 is 5.91 Å². The molecule has 5 heteroatoms. The Kier molecular flexibility index (Phi) is 3.79. The fraction of sp³-hybridized carbons (Fsp3) is 0.133. The Morgan fingerprint density at radius 1 is 1.10 bits per heavy atom. The Balaban J connectivity index is 2.35. The first-order valence-corrected chi connectivity index (χ1v) is 6.02. The molecule has 5 nitrogen and oxygen atoms in total. The fourth-order valence-corrected chi connectivity index (χ4v) is 1.87. The van der Waals surface area contributed by atoms with Crippen LogP contribution >= 0.6 is 0 Å². The molecule has 1 amide bonds. The van der Waals surface area contributed by atoms with Crippen LogP contribution in [0.2, 0.25) is 0 Å². The summed E-state index contributed by atoms with van der Waals surface area (Å²) in [7, 11) is 1.50. The minimum atomic E-state index is -0.519. The van der Waals surface area contributed by atoms with Gasteiger partial charge in [0.1, 0.15) is 5.75 Å². The lowest BCUT2D eigenvalue weighted by Gasteiger charge is -2.12. The van der Waals surface area contributed by atoms with Crippen LogP contribution in [0.4, 0.5) is 5.69 Å². The minimum absolute atomic E-state index is 0.359. The van der Waals surface area contributed by atoms with Crippen LogP contribution in [0.5, 0.6) is 17.2 Å². The van der Waals surface area contributed by atoms with E-state index >= 15 is 0 Å². The van der Waals surface area contributed by atoms with Gasteiger partial charge in [-0.1, -0.05) is 0 Å². The smallest absolute Gasteiger partial charge is 0.248 e. The van der Waals surface area contributed by atoms with Gasteiger partial charge in [0.15, 0.2) is 11.5 Å². The van der Waals surface area contributed by atoms with Gasteiger partial charge in [-0.2, -0.15) is 0 Å². The molecule has 20 heavy (non-hydrogen) atoms. The van der Waals surface area contributed by atoms with E-state index in [2.05, 4.69) is 0 Å². The molecule has 104 valence electrons. The van der Waals surface area contributed by atoms with Crippen molar-refractivity contribution in [3.8, 4) is 17.2 Å². The van der Waals surface area contributed by atoms with E-state index in [1.165, 1.54) is 13.2 Å². The van der Waals surface area contributed by atoms with E-state index in [1.54, 1.807) is 18.2 Å². The van der Waals surface area contributed by atoms with Gasteiger partial charge in [-0.15, -0.1) is 0 Å². The maximum atomic E-state index is 11.1. The molecule has 0 heterocycles. The first-order chi connectivity index (χ1) is 9.49. The second-order valence-corrected chi connectivity index (χ2v) is 4.41. The van der Waals surface area contributed by atoms with Crippen LogP contribution in [-0.4, -0.2) is 13.0 Å². The molecule has 0 spiro atoms. The maximum Gasteiger partial charge on any atom is 0.248 e. The molecule has 4 N–H and O–H groups in total. The van der Waals surface area contributed by atoms with Crippen LogP contribution in [0.25, 0.3) is 0 Å². The first kappa shape index (κ1) is 13.7. The number of ether oxygens (including phenoxy) is 2. The first-order valence-electron chi connectivity index (χ1n) is 6.02. The largest absolute Gasteiger partial charge is 0.493 e. The Morgan fingerprint density at radius 3 is 2.45 bits per heavy atom. The summed E-state index contributed by atoms with van der Waals surface area (Å²) < 4.78 is 10.9. The normalized spacial score (nSPS) is 10.1. The average Bonchev–Trinajstić information content (AvgIpc) is 2.37. The number of methoxy groups -OCH3 is 1. The second-order valence-electron chi connectivity index (χ2n) is 4.41. The van der Waals surface area contributed by atoms with E-state index in [-0.39, 0.29) is 0 Å². The molecule has 0 radical (unpaired) electrons. The highest BCUT2D eigenvalue weighted by molar-refractivity contribution is 5.93. The zero-order valence-electron chi connectivity index (χ0n) is 11.3. The van der Waals surface area contributed by atoms with Crippen molar-refractivity contribution in [1.29, 1.82) is 0 Å². The number of carbonyl (C=O) groups is 1. The van der Waals surface area contributed by atoms with E-state index in [0.29, 0.717) is 28.5 Å². The molecule has 0 aromatic heterocycles. The Morgan fingerprint density at radius 2 is 1.85 bits per heavy atom. The van der Waals surface area contributed by atoms with Gasteiger partial charge in [-0.3, -0.25) is 4.79 Å². The van der Waals surface area contributed by atoms with Gasteiger partial charge in [0.05, 0.1) is 7.11 Å². The summed E-state index contributed by atoms with van der Waals surface area (Å²) in [6.45, 7) is 1.93. The molecule has 0 aliphatic rings. The zero-order valence-corrected chi connectivity index (χ0v) is 11.3. The van der Waals surface area contributed by atoms with Crippen molar-refractivity contribution in [1.82, 2.24) is 0 Å². The van der Waals surface area contributed by atoms with Crippen molar-refractivity contribution in [3.63, 3.8) is 0 Å². The number of rotatable bonds is 4. The third-order valence-corrected chi connectivity index (χ3v) is 2.75. The van der Waals surface area contributed by atoms with E-state index in [4.69, 9.17) is 20.9 Å². The van der Waals surface area contributed by atoms with Gasteiger partial charge >= 0.3 is 0 Å². The fourth-order valence-electron chi connectivity index (χ4n) is 1.87. The summed E-state index contributed by atoms with van der Waals surface area (Å²) in [6, 6.07) is 10.2. The number of anilines is 1. The van der Waals surface area contributed by atoms with Gasteiger partial charge in [0.2, 0.25) is 5.91 Å². The van der Waals surface area contributed by atoms with Gasteiger partial charge in [0, 0.05) is 17.3 Å². The monoisotopic (exact) mass is 272 g/mol. The molecule has 0 saturated heterocycles. The number of hydrogen-bond donors (Lipinski definition) is 2. The van der Waals surface area contributed by atoms with Crippen molar-refractivity contribution in [2.24, 2.45) is 5.73 Å². The SMILES string of the molecule is COc1cc(C(N)=O)ccc1Oc1cc(C)cc(N)c1. The van der Waals surface area contributed by atoms with Crippen molar-refractivity contribution < 1.29 is 14.3 Å². The van der Waals surface area contributed by atoms with Crippen molar-refractivity contribution in [3.05, 3.63) is 47.5 Å². The lowest BCUT2D eigenvalue weighted by atomic mass is 10.2. The Labute approximate surface area is 117 Å². The van der Waals surface area contributed by atoms with Crippen LogP contribution in [-0.2, 0) is 0 Å². The standard InChI is InChI=1S/C15H16N2O3/c1-9-5-11(16)8-12(6-9)20-13-4-3-10(15(17)18)7-14(13)19-2/h3-8H,16H2,1-2H3,(H2,17,18). The lowest BCUT2D eigenvalue weighted by Crippen LogP contribution is -2.10. The molecule has 0 fully saturated rings. The predicted molar refractivity (Wildman–Crippen MR) is 77.2 cm³/mol. The number of amides is 1. The highest BCUT2D eigenvalue weighted by Gasteiger charge is 2.10. The van der Waals surface area contributed by atoms with Crippen LogP contribution in [0, 0.1) is 6.92 Å². The molecule has 0 unspecified atom stereocenters. The van der Waals surface area contributed by atoms with Crippen molar-refractivity contribution in [2.75, 3.05) is 12.8 Å². The number of nitrogen functional groups attached to an aromatic ring is 1. The minimum Gasteiger partial charge on any atom is -0.493 e. The number of hydrogen-bond acceptors (Lipinski definition) is 4. The average molecular weight is 272 g/mol. The van der Waals surface area contributed by atoms with Crippen LogP contribution in [0.15, 0.2) is 36.4 Å². The highest BCUT2D eigenvalue weighted by Crippen LogP contribution is 2.33. The summed E-state index contributed by atoms with van der Waals surface area (Å²) in [5, 5.41) is 0. The summed E-state index contributed by atoms with van der Waals surface area (Å²) in [5.74, 6) is 1.01. The van der Waals surface area contributed by atoms with Crippen LogP contribution in [0.3, 0.4) is 0 Å². The maximum absolute atomic E-state index is 11.1. The molecule has 0 saturated carbocycles. The molecule has 0 aliphatic heterocycles. The summed E-state index contributed by atoms with van der Waals surface area (Å²) >= 11 is 0. The third-order valence-electron chi connectivity index (χ3n) is 2.75. The molecule has 0 bridgehead atoms. The second kappa shape index (κ2) is 5.52. The van der Waals surface area contributed by atoms with Gasteiger partial charge in [0.25, 0.3) is 0 Å². The summed E-state index contributed by atoms with van der Waals surface area (Å²) in [6.07, 6.45) is 0. The number of benzene rings is 2. The molecule has 0 aliphatic carbocycles. The van der Waals surface area contributed by atoms with Crippen LogP contribution < -0.4 is 20.9 Å². The van der Waals surface area contributed by atoms with E-state index in [0.717, 1.165) is 5.56 Å². The van der Waals surface area contributed by atoms with Gasteiger partial charge in [-0.25, -0.2) is 0 Å². The van der Waals surface area contributed by atoms with E-state index in [1.807, 2.05) is 19.1 Å². The quantitative estimate of drug-likeness (QED) is 0.837. The molecule has 2 aromatic carbocycles. The third kappa shape index (κ3) is 3.00. The number of primary amides is 1. The Bertz CT molecular complexity index is 633. The topological polar surface area (TPSA) is 87.6 Å². The van der Waals surface area contributed by atoms with Crippen molar-refractivity contribution in [2.45, 2.75) is 6.92 Å². The predicted octanol–water partition coefficient (Wildman–Crippen LogP) is 2.48. The van der Waals surface area contributed by atoms with Gasteiger partial charge < -0.3 is 20.9 Å².